The Morgan fingerprint density at radius 1 is 1.60 bits per heavy atom. The van der Waals surface area contributed by atoms with Gasteiger partial charge >= 0.3 is 11.9 Å². The zero-order valence-electron chi connectivity index (χ0n) is 11.5. The lowest BCUT2D eigenvalue weighted by Crippen LogP contribution is -2.51. The molecule has 3 atom stereocenters. The number of hydrogen-bond acceptors (Lipinski definition) is 5. The molecule has 3 rings (SSSR count). The van der Waals surface area contributed by atoms with Gasteiger partial charge in [-0.05, 0) is 6.42 Å². The van der Waals surface area contributed by atoms with Gasteiger partial charge in [0.05, 0.1) is 24.5 Å². The van der Waals surface area contributed by atoms with Crippen LogP contribution in [-0.4, -0.2) is 49.6 Å². The lowest BCUT2D eigenvalue weighted by Gasteiger charge is -2.39. The minimum atomic E-state index is -0.847. The maximum atomic E-state index is 12.3. The second kappa shape index (κ2) is 5.48. The molecular weight excluding hydrogens is 262 g/mol. The molecule has 108 valence electrons. The predicted octanol–water partition coefficient (Wildman–Crippen LogP) is 0.292. The molecule has 20 heavy (non-hydrogen) atoms. The number of methoxy groups -OCH3 is 1. The van der Waals surface area contributed by atoms with E-state index in [4.69, 9.17) is 4.74 Å². The maximum Gasteiger partial charge on any atom is 0.337 e. The molecule has 1 saturated heterocycles. The molecule has 0 N–H and O–H groups in total. The van der Waals surface area contributed by atoms with Gasteiger partial charge in [-0.25, -0.2) is 4.79 Å². The number of likely N-dealkylation sites (N-methyl/N-ethyl adjacent to an activating group) is 1. The Kier molecular flexibility index (Phi) is 3.92. The molecule has 0 spiro atoms. The van der Waals surface area contributed by atoms with E-state index in [1.165, 1.54) is 12.0 Å². The third kappa shape index (κ3) is 2.33. The summed E-state index contributed by atoms with van der Waals surface area (Å²) in [6.45, 7) is 3.98. The molecule has 6 nitrogen and oxygen atoms in total. The first-order valence-corrected chi connectivity index (χ1v) is 6.36. The van der Waals surface area contributed by atoms with Crippen molar-refractivity contribution in [1.82, 2.24) is 4.90 Å². The van der Waals surface area contributed by atoms with E-state index in [1.54, 1.807) is 19.2 Å². The van der Waals surface area contributed by atoms with Gasteiger partial charge < -0.3 is 14.4 Å². The average Bonchev–Trinajstić information content (AvgIpc) is 2.45. The fourth-order valence-corrected chi connectivity index (χ4v) is 2.62. The molecule has 1 amide bonds. The van der Waals surface area contributed by atoms with Gasteiger partial charge in [0.15, 0.2) is 0 Å². The van der Waals surface area contributed by atoms with Crippen LogP contribution in [0.5, 0.6) is 0 Å². The molecule has 1 aliphatic carbocycles. The van der Waals surface area contributed by atoms with E-state index in [0.717, 1.165) is 0 Å². The fraction of sp³-hybridized carbons (Fsp3) is 0.500. The SMILES string of the molecule is C=CCN(C)C(=O)C1CC2C=C(C(=O)OC)C1OC2=O. The van der Waals surface area contributed by atoms with Crippen molar-refractivity contribution in [1.29, 1.82) is 0 Å². The molecule has 3 aliphatic rings. The quantitative estimate of drug-likeness (QED) is 0.546. The van der Waals surface area contributed by atoms with Crippen molar-refractivity contribution < 1.29 is 23.9 Å². The predicted molar refractivity (Wildman–Crippen MR) is 69.4 cm³/mol. The van der Waals surface area contributed by atoms with Crippen molar-refractivity contribution in [2.45, 2.75) is 12.5 Å². The van der Waals surface area contributed by atoms with E-state index >= 15 is 0 Å². The Hall–Kier alpha value is -2.11. The highest BCUT2D eigenvalue weighted by Gasteiger charge is 2.49. The molecular formula is C14H17NO5. The molecule has 0 aromatic rings. The first-order valence-electron chi connectivity index (χ1n) is 6.36. The summed E-state index contributed by atoms with van der Waals surface area (Å²) in [7, 11) is 2.91. The summed E-state index contributed by atoms with van der Waals surface area (Å²) in [5.41, 5.74) is 0.258. The fourth-order valence-electron chi connectivity index (χ4n) is 2.62. The van der Waals surface area contributed by atoms with Crippen molar-refractivity contribution in [3.63, 3.8) is 0 Å². The van der Waals surface area contributed by atoms with Crippen LogP contribution in [0.1, 0.15) is 6.42 Å². The van der Waals surface area contributed by atoms with Gasteiger partial charge in [0.2, 0.25) is 5.91 Å². The zero-order valence-corrected chi connectivity index (χ0v) is 11.5. The number of rotatable bonds is 4. The van der Waals surface area contributed by atoms with Crippen LogP contribution in [-0.2, 0) is 23.9 Å². The molecule has 2 aliphatic heterocycles. The van der Waals surface area contributed by atoms with Crippen LogP contribution in [0.2, 0.25) is 0 Å². The number of ether oxygens (including phenoxy) is 2. The first kappa shape index (κ1) is 14.3. The smallest absolute Gasteiger partial charge is 0.337 e. The summed E-state index contributed by atoms with van der Waals surface area (Å²) in [6.07, 6.45) is 2.69. The maximum absolute atomic E-state index is 12.3. The largest absolute Gasteiger partial charge is 0.466 e. The molecule has 6 heteroatoms. The van der Waals surface area contributed by atoms with Gasteiger partial charge in [0, 0.05) is 13.6 Å². The van der Waals surface area contributed by atoms with Crippen LogP contribution in [0.3, 0.4) is 0 Å². The highest BCUT2D eigenvalue weighted by Crippen LogP contribution is 2.38. The van der Waals surface area contributed by atoms with Gasteiger partial charge in [-0.2, -0.15) is 0 Å². The van der Waals surface area contributed by atoms with Crippen LogP contribution in [0.25, 0.3) is 0 Å². The monoisotopic (exact) mass is 279 g/mol. The third-order valence-corrected chi connectivity index (χ3v) is 3.62. The van der Waals surface area contributed by atoms with Crippen molar-refractivity contribution in [3.05, 3.63) is 24.3 Å². The Morgan fingerprint density at radius 3 is 2.85 bits per heavy atom. The number of esters is 2. The normalized spacial score (nSPS) is 27.4. The minimum absolute atomic E-state index is 0.165. The summed E-state index contributed by atoms with van der Waals surface area (Å²) < 4.78 is 9.88. The van der Waals surface area contributed by atoms with Crippen LogP contribution in [0.4, 0.5) is 0 Å². The Morgan fingerprint density at radius 2 is 2.30 bits per heavy atom. The molecule has 1 fully saturated rings. The highest BCUT2D eigenvalue weighted by molar-refractivity contribution is 5.96. The number of nitrogens with zero attached hydrogens (tertiary/aromatic N) is 1. The third-order valence-electron chi connectivity index (χ3n) is 3.62. The van der Waals surface area contributed by atoms with E-state index < -0.39 is 29.9 Å². The minimum Gasteiger partial charge on any atom is -0.466 e. The van der Waals surface area contributed by atoms with E-state index in [9.17, 15) is 14.4 Å². The highest BCUT2D eigenvalue weighted by atomic mass is 16.6. The van der Waals surface area contributed by atoms with Crippen molar-refractivity contribution >= 4 is 17.8 Å². The van der Waals surface area contributed by atoms with Crippen LogP contribution in [0, 0.1) is 11.8 Å². The summed E-state index contributed by atoms with van der Waals surface area (Å²) in [5.74, 6) is -2.21. The zero-order chi connectivity index (χ0) is 14.9. The number of amides is 1. The van der Waals surface area contributed by atoms with Gasteiger partial charge in [-0.15, -0.1) is 6.58 Å². The second-order valence-electron chi connectivity index (χ2n) is 4.93. The first-order chi connectivity index (χ1) is 9.49. The number of carbonyl (C=O) groups excluding carboxylic acids is 3. The Balaban J connectivity index is 2.25. The molecule has 0 aromatic heterocycles. The van der Waals surface area contributed by atoms with E-state index in [1.807, 2.05) is 0 Å². The molecule has 0 aromatic carbocycles. The van der Waals surface area contributed by atoms with Gasteiger partial charge in [-0.3, -0.25) is 9.59 Å². The number of fused-ring (bicyclic) bond motifs is 2. The lowest BCUT2D eigenvalue weighted by atomic mass is 9.76. The van der Waals surface area contributed by atoms with E-state index in [-0.39, 0.29) is 11.5 Å². The van der Waals surface area contributed by atoms with Crippen LogP contribution < -0.4 is 0 Å². The van der Waals surface area contributed by atoms with Gasteiger partial charge in [0.25, 0.3) is 0 Å². The number of carbonyl (C=O) groups is 3. The van der Waals surface area contributed by atoms with E-state index in [0.29, 0.717) is 13.0 Å². The van der Waals surface area contributed by atoms with E-state index in [2.05, 4.69) is 11.3 Å². The van der Waals surface area contributed by atoms with Crippen LogP contribution >= 0.6 is 0 Å². The average molecular weight is 279 g/mol. The molecule has 0 saturated carbocycles. The summed E-state index contributed by atoms with van der Waals surface area (Å²) in [4.78, 5) is 37.2. The topological polar surface area (TPSA) is 72.9 Å². The van der Waals surface area contributed by atoms with Crippen molar-refractivity contribution in [2.75, 3.05) is 20.7 Å². The van der Waals surface area contributed by atoms with Gasteiger partial charge in [-0.1, -0.05) is 12.2 Å². The second-order valence-corrected chi connectivity index (χ2v) is 4.93. The summed E-state index contributed by atoms with van der Waals surface area (Å²) >= 11 is 0. The van der Waals surface area contributed by atoms with Gasteiger partial charge in [0.1, 0.15) is 6.10 Å². The molecule has 3 unspecified atom stereocenters. The molecule has 0 radical (unpaired) electrons. The standard InChI is InChI=1S/C14H17NO5/c1-4-5-15(2)12(16)9-6-8-7-10(14(18)19-3)11(9)20-13(8)17/h4,7-9,11H,1,5-6H2,2-3H3. The summed E-state index contributed by atoms with van der Waals surface area (Å²) in [6, 6.07) is 0. The number of hydrogen-bond donors (Lipinski definition) is 0. The van der Waals surface area contributed by atoms with Crippen molar-refractivity contribution in [3.8, 4) is 0 Å². The summed E-state index contributed by atoms with van der Waals surface area (Å²) in [5, 5.41) is 0. The Labute approximate surface area is 117 Å². The lowest BCUT2D eigenvalue weighted by molar-refractivity contribution is -0.168. The molecule has 2 heterocycles. The molecule has 2 bridgehead atoms. The van der Waals surface area contributed by atoms with Crippen LogP contribution in [0.15, 0.2) is 24.3 Å². The van der Waals surface area contributed by atoms with Crippen molar-refractivity contribution in [2.24, 2.45) is 11.8 Å². The Bertz CT molecular complexity index is 496.